The van der Waals surface area contributed by atoms with Crippen molar-refractivity contribution in [1.29, 1.82) is 0 Å². The number of hydrogen-bond acceptors (Lipinski definition) is 4. The molecule has 0 spiro atoms. The van der Waals surface area contributed by atoms with E-state index in [-0.39, 0.29) is 12.4 Å². The van der Waals surface area contributed by atoms with Crippen molar-refractivity contribution >= 4 is 5.78 Å². The lowest BCUT2D eigenvalue weighted by atomic mass is 9.99. The Balaban J connectivity index is 0.000000621. The van der Waals surface area contributed by atoms with Gasteiger partial charge in [-0.15, -0.1) is 0 Å². The van der Waals surface area contributed by atoms with Gasteiger partial charge in [-0.3, -0.25) is 0 Å². The van der Waals surface area contributed by atoms with Crippen LogP contribution in [0.4, 0.5) is 0 Å². The lowest BCUT2D eigenvalue weighted by Gasteiger charge is -2.17. The first-order valence-corrected chi connectivity index (χ1v) is 6.83. The molecule has 20 heavy (non-hydrogen) atoms. The zero-order chi connectivity index (χ0) is 15.6. The first-order chi connectivity index (χ1) is 9.28. The molecule has 4 heteroatoms. The highest BCUT2D eigenvalue weighted by atomic mass is 16.5. The average Bonchev–Trinajstić information content (AvgIpc) is 2.37. The van der Waals surface area contributed by atoms with Crippen molar-refractivity contribution in [3.8, 4) is 5.75 Å². The van der Waals surface area contributed by atoms with Gasteiger partial charge in [-0.1, -0.05) is 19.1 Å². The molecule has 0 aliphatic carbocycles. The molecular formula is C16H26O4. The van der Waals surface area contributed by atoms with Gasteiger partial charge in [0.15, 0.2) is 0 Å². The molecule has 1 aromatic rings. The molecular weight excluding hydrogens is 256 g/mol. The van der Waals surface area contributed by atoms with E-state index in [1.165, 1.54) is 0 Å². The highest BCUT2D eigenvalue weighted by Gasteiger charge is 2.12. The summed E-state index contributed by atoms with van der Waals surface area (Å²) in [6.07, 6.45) is 1.28. The van der Waals surface area contributed by atoms with E-state index in [9.17, 15) is 9.90 Å². The summed E-state index contributed by atoms with van der Waals surface area (Å²) < 4.78 is 5.23. The Hall–Kier alpha value is -1.39. The van der Waals surface area contributed by atoms with Gasteiger partial charge in [0.2, 0.25) is 0 Å². The van der Waals surface area contributed by atoms with Crippen molar-refractivity contribution in [1.82, 2.24) is 0 Å². The Bertz CT molecular complexity index is 376. The molecule has 114 valence electrons. The zero-order valence-corrected chi connectivity index (χ0v) is 12.8. The average molecular weight is 282 g/mol. The number of aliphatic hydroxyl groups is 2. The van der Waals surface area contributed by atoms with E-state index >= 15 is 0 Å². The highest BCUT2D eigenvalue weighted by Crippen LogP contribution is 2.16. The number of Topliss-reactive ketones (excluding diaryl/α,β-unsaturated/α-hetero) is 1. The molecule has 2 N–H and O–H groups in total. The third kappa shape index (κ3) is 10.5. The Morgan fingerprint density at radius 1 is 1.25 bits per heavy atom. The van der Waals surface area contributed by atoms with Crippen LogP contribution in [0.15, 0.2) is 24.3 Å². The minimum Gasteiger partial charge on any atom is -0.491 e. The summed E-state index contributed by atoms with van der Waals surface area (Å²) in [7, 11) is 0. The van der Waals surface area contributed by atoms with Gasteiger partial charge in [-0.2, -0.15) is 0 Å². The Labute approximate surface area is 121 Å². The van der Waals surface area contributed by atoms with Gasteiger partial charge in [0, 0.05) is 12.8 Å². The fourth-order valence-electron chi connectivity index (χ4n) is 1.37. The first kappa shape index (κ1) is 18.6. The molecule has 0 saturated heterocycles. The summed E-state index contributed by atoms with van der Waals surface area (Å²) in [5, 5.41) is 18.2. The number of ketones is 1. The second-order valence-corrected chi connectivity index (χ2v) is 5.26. The number of carbonyl (C=O) groups excluding carboxylic acids is 1. The van der Waals surface area contributed by atoms with Crippen LogP contribution in [0.2, 0.25) is 0 Å². The summed E-state index contributed by atoms with van der Waals surface area (Å²) >= 11 is 0. The van der Waals surface area contributed by atoms with Gasteiger partial charge in [0.25, 0.3) is 0 Å². The van der Waals surface area contributed by atoms with Crippen molar-refractivity contribution in [3.63, 3.8) is 0 Å². The van der Waals surface area contributed by atoms with Crippen LogP contribution < -0.4 is 4.74 Å². The van der Waals surface area contributed by atoms with E-state index < -0.39 is 5.60 Å². The maximum Gasteiger partial charge on any atom is 0.129 e. The van der Waals surface area contributed by atoms with Gasteiger partial charge in [-0.05, 0) is 38.5 Å². The molecule has 0 aliphatic heterocycles. The summed E-state index contributed by atoms with van der Waals surface area (Å²) in [5.41, 5.74) is 0.381. The van der Waals surface area contributed by atoms with Gasteiger partial charge in [-0.25, -0.2) is 0 Å². The van der Waals surface area contributed by atoms with Crippen LogP contribution in [-0.4, -0.2) is 34.8 Å². The lowest BCUT2D eigenvalue weighted by Crippen LogP contribution is -2.21. The Morgan fingerprint density at radius 3 is 2.10 bits per heavy atom. The second-order valence-electron chi connectivity index (χ2n) is 5.26. The normalized spacial score (nSPS) is 10.5. The molecule has 0 amide bonds. The number of hydrogen-bond donors (Lipinski definition) is 2. The van der Waals surface area contributed by atoms with E-state index in [0.29, 0.717) is 19.4 Å². The lowest BCUT2D eigenvalue weighted by molar-refractivity contribution is -0.116. The molecule has 0 radical (unpaired) electrons. The predicted octanol–water partition coefficient (Wildman–Crippen LogP) is 2.36. The smallest absolute Gasteiger partial charge is 0.129 e. The van der Waals surface area contributed by atoms with Gasteiger partial charge >= 0.3 is 0 Å². The van der Waals surface area contributed by atoms with Crippen molar-refractivity contribution in [2.45, 2.75) is 46.1 Å². The molecule has 0 bridgehead atoms. The molecule has 1 rings (SSSR count). The summed E-state index contributed by atoms with van der Waals surface area (Å²) in [4.78, 5) is 9.81. The SMILES string of the molecule is CC(C)(O)Cc1ccc(OCCO)cc1.CCC(C)=O. The van der Waals surface area contributed by atoms with Gasteiger partial charge < -0.3 is 19.7 Å². The van der Waals surface area contributed by atoms with E-state index in [2.05, 4.69) is 0 Å². The minimum atomic E-state index is -0.687. The molecule has 0 aromatic heterocycles. The van der Waals surface area contributed by atoms with Crippen molar-refractivity contribution in [2.24, 2.45) is 0 Å². The number of ether oxygens (including phenoxy) is 1. The molecule has 0 unspecified atom stereocenters. The molecule has 0 aliphatic rings. The monoisotopic (exact) mass is 282 g/mol. The van der Waals surface area contributed by atoms with Crippen LogP contribution in [0.3, 0.4) is 0 Å². The quantitative estimate of drug-likeness (QED) is 0.840. The third-order valence-corrected chi connectivity index (χ3v) is 2.42. The third-order valence-electron chi connectivity index (χ3n) is 2.42. The van der Waals surface area contributed by atoms with Crippen LogP contribution in [0.1, 0.15) is 39.7 Å². The standard InChI is InChI=1S/C12H18O3.C4H8O/c1-12(2,14)9-10-3-5-11(6-4-10)15-8-7-13;1-3-4(2)5/h3-6,13-14H,7-9H2,1-2H3;3H2,1-2H3. The number of carbonyl (C=O) groups is 1. The molecule has 0 atom stereocenters. The molecule has 1 aromatic carbocycles. The summed E-state index contributed by atoms with van der Waals surface area (Å²) in [5.74, 6) is 0.994. The van der Waals surface area contributed by atoms with Crippen molar-refractivity contribution in [3.05, 3.63) is 29.8 Å². The van der Waals surface area contributed by atoms with E-state index in [4.69, 9.17) is 9.84 Å². The molecule has 0 fully saturated rings. The van der Waals surface area contributed by atoms with E-state index in [1.54, 1.807) is 20.8 Å². The van der Waals surface area contributed by atoms with E-state index in [1.807, 2.05) is 31.2 Å². The highest BCUT2D eigenvalue weighted by molar-refractivity contribution is 5.74. The zero-order valence-electron chi connectivity index (χ0n) is 12.8. The number of rotatable bonds is 6. The fraction of sp³-hybridized carbons (Fsp3) is 0.562. The molecule has 4 nitrogen and oxygen atoms in total. The fourth-order valence-corrected chi connectivity index (χ4v) is 1.37. The van der Waals surface area contributed by atoms with Crippen molar-refractivity contribution in [2.75, 3.05) is 13.2 Å². The van der Waals surface area contributed by atoms with Crippen LogP contribution >= 0.6 is 0 Å². The summed E-state index contributed by atoms with van der Waals surface area (Å²) in [6.45, 7) is 7.32. The number of benzene rings is 1. The van der Waals surface area contributed by atoms with Crippen molar-refractivity contribution < 1.29 is 19.7 Å². The minimum absolute atomic E-state index is 0.0193. The summed E-state index contributed by atoms with van der Waals surface area (Å²) in [6, 6.07) is 7.53. The van der Waals surface area contributed by atoms with Gasteiger partial charge in [0.05, 0.1) is 12.2 Å². The van der Waals surface area contributed by atoms with Crippen LogP contribution in [0.5, 0.6) is 5.75 Å². The molecule has 0 heterocycles. The largest absolute Gasteiger partial charge is 0.491 e. The maximum absolute atomic E-state index is 9.81. The van der Waals surface area contributed by atoms with E-state index in [0.717, 1.165) is 11.3 Å². The molecule has 0 saturated carbocycles. The van der Waals surface area contributed by atoms with Crippen LogP contribution in [0.25, 0.3) is 0 Å². The number of aliphatic hydroxyl groups excluding tert-OH is 1. The predicted molar refractivity (Wildman–Crippen MR) is 80.0 cm³/mol. The van der Waals surface area contributed by atoms with Crippen LogP contribution in [0, 0.1) is 0 Å². The maximum atomic E-state index is 9.81. The van der Waals surface area contributed by atoms with Crippen LogP contribution in [-0.2, 0) is 11.2 Å². The first-order valence-electron chi connectivity index (χ1n) is 6.83. The Kier molecular flexibility index (Phi) is 8.84. The Morgan fingerprint density at radius 2 is 1.75 bits per heavy atom. The topological polar surface area (TPSA) is 66.8 Å². The second kappa shape index (κ2) is 9.50. The van der Waals surface area contributed by atoms with Gasteiger partial charge in [0.1, 0.15) is 18.1 Å².